The van der Waals surface area contributed by atoms with Crippen molar-refractivity contribution in [1.82, 2.24) is 0 Å². The molecule has 0 amide bonds. The first-order valence-electron chi connectivity index (χ1n) is 11.3. The van der Waals surface area contributed by atoms with Gasteiger partial charge in [0.2, 0.25) is 5.43 Å². The van der Waals surface area contributed by atoms with Gasteiger partial charge in [-0.3, -0.25) is 9.59 Å². The molecule has 35 heavy (non-hydrogen) atoms. The Morgan fingerprint density at radius 3 is 2.34 bits per heavy atom. The van der Waals surface area contributed by atoms with Gasteiger partial charge in [0, 0.05) is 17.5 Å². The number of carbonyl (C=O) groups excluding carboxylic acids is 1. The van der Waals surface area contributed by atoms with E-state index in [-0.39, 0.29) is 40.4 Å². The van der Waals surface area contributed by atoms with E-state index in [9.17, 15) is 14.7 Å². The maximum absolute atomic E-state index is 13.5. The zero-order valence-corrected chi connectivity index (χ0v) is 19.5. The van der Waals surface area contributed by atoms with Gasteiger partial charge in [0.1, 0.15) is 40.2 Å². The first-order chi connectivity index (χ1) is 16.9. The van der Waals surface area contributed by atoms with Gasteiger partial charge >= 0.3 is 5.97 Å². The Balaban J connectivity index is 1.66. The minimum absolute atomic E-state index is 0.0346. The van der Waals surface area contributed by atoms with Crippen molar-refractivity contribution in [3.05, 3.63) is 82.2 Å². The van der Waals surface area contributed by atoms with Crippen LogP contribution >= 0.6 is 0 Å². The minimum atomic E-state index is -0.430. The Morgan fingerprint density at radius 1 is 1.00 bits per heavy atom. The summed E-state index contributed by atoms with van der Waals surface area (Å²) in [5.41, 5.74) is 2.13. The van der Waals surface area contributed by atoms with Crippen LogP contribution in [0.15, 0.2) is 70.1 Å². The van der Waals surface area contributed by atoms with E-state index in [2.05, 4.69) is 0 Å². The first kappa shape index (κ1) is 22.5. The normalized spacial score (nSPS) is 15.1. The highest BCUT2D eigenvalue weighted by Gasteiger charge is 2.33. The highest BCUT2D eigenvalue weighted by molar-refractivity contribution is 5.94. The number of rotatable bonds is 5. The molecule has 1 aromatic heterocycles. The highest BCUT2D eigenvalue weighted by atomic mass is 16.5. The predicted molar refractivity (Wildman–Crippen MR) is 130 cm³/mol. The van der Waals surface area contributed by atoms with E-state index in [1.807, 2.05) is 38.1 Å². The fraction of sp³-hybridized carbons (Fsp3) is 0.214. The molecule has 0 fully saturated rings. The Kier molecular flexibility index (Phi) is 5.68. The molecule has 3 aromatic carbocycles. The third kappa shape index (κ3) is 4.10. The molecule has 1 aliphatic rings. The van der Waals surface area contributed by atoms with Gasteiger partial charge in [0.15, 0.2) is 0 Å². The molecule has 7 nitrogen and oxygen atoms in total. The molecule has 178 valence electrons. The molecule has 0 saturated heterocycles. The standard InChI is InChI=1S/C28H24O7/c1-15(2)34-19-10-6-16(7-11-19)20-12-24(30)35-23-13-22(29)26-27(31)21(14-33-28(26)25(20)23)17-4-8-18(32-3)9-5-17/h4-11,13-15,20,29H,12H2,1-3H3/t20-/m1/s1. The smallest absolute Gasteiger partial charge is 0.312 e. The molecular weight excluding hydrogens is 448 g/mol. The first-order valence-corrected chi connectivity index (χ1v) is 11.3. The Labute approximate surface area is 201 Å². The second-order valence-electron chi connectivity index (χ2n) is 8.69. The molecule has 0 bridgehead atoms. The summed E-state index contributed by atoms with van der Waals surface area (Å²) >= 11 is 0. The largest absolute Gasteiger partial charge is 0.507 e. The van der Waals surface area contributed by atoms with Crippen molar-refractivity contribution in [2.75, 3.05) is 7.11 Å². The zero-order valence-electron chi connectivity index (χ0n) is 19.5. The second kappa shape index (κ2) is 8.83. The summed E-state index contributed by atoms with van der Waals surface area (Å²) in [6.45, 7) is 3.89. The summed E-state index contributed by atoms with van der Waals surface area (Å²) in [6.07, 6.45) is 1.48. The molecule has 7 heteroatoms. The van der Waals surface area contributed by atoms with E-state index in [1.165, 1.54) is 12.3 Å². The number of aromatic hydroxyl groups is 1. The van der Waals surface area contributed by atoms with Crippen LogP contribution in [0.5, 0.6) is 23.0 Å². The number of carbonyl (C=O) groups is 1. The van der Waals surface area contributed by atoms with Gasteiger partial charge in [-0.1, -0.05) is 24.3 Å². The molecule has 1 atom stereocenters. The lowest BCUT2D eigenvalue weighted by Gasteiger charge is -2.26. The van der Waals surface area contributed by atoms with Crippen LogP contribution in [0.4, 0.5) is 0 Å². The second-order valence-corrected chi connectivity index (χ2v) is 8.69. The van der Waals surface area contributed by atoms with Gasteiger partial charge in [-0.05, 0) is 49.2 Å². The number of esters is 1. The van der Waals surface area contributed by atoms with E-state index >= 15 is 0 Å². The molecule has 4 aromatic rings. The van der Waals surface area contributed by atoms with Crippen molar-refractivity contribution >= 4 is 16.9 Å². The molecule has 0 radical (unpaired) electrons. The van der Waals surface area contributed by atoms with E-state index in [0.29, 0.717) is 28.2 Å². The Hall–Kier alpha value is -4.26. The number of phenols is 1. The van der Waals surface area contributed by atoms with Gasteiger partial charge in [0.05, 0.1) is 25.2 Å². The van der Waals surface area contributed by atoms with Crippen molar-refractivity contribution in [2.45, 2.75) is 32.3 Å². The van der Waals surface area contributed by atoms with Gasteiger partial charge in [-0.25, -0.2) is 0 Å². The minimum Gasteiger partial charge on any atom is -0.507 e. The van der Waals surface area contributed by atoms with Gasteiger partial charge in [0.25, 0.3) is 0 Å². The van der Waals surface area contributed by atoms with Crippen molar-refractivity contribution in [1.29, 1.82) is 0 Å². The lowest BCUT2D eigenvalue weighted by molar-refractivity contribution is -0.135. The SMILES string of the molecule is COc1ccc(-c2coc3c4c(cc(O)c3c2=O)OC(=O)C[C@@H]4c2ccc(OC(C)C)cc2)cc1. The monoisotopic (exact) mass is 472 g/mol. The van der Waals surface area contributed by atoms with Crippen LogP contribution in [-0.4, -0.2) is 24.3 Å². The summed E-state index contributed by atoms with van der Waals surface area (Å²) in [5.74, 6) is 0.397. The molecule has 2 heterocycles. The molecule has 0 spiro atoms. The number of hydrogen-bond donors (Lipinski definition) is 1. The molecular formula is C28H24O7. The van der Waals surface area contributed by atoms with Gasteiger partial charge in [-0.2, -0.15) is 0 Å². The van der Waals surface area contributed by atoms with E-state index in [4.69, 9.17) is 18.6 Å². The Bertz CT molecular complexity index is 1460. The summed E-state index contributed by atoms with van der Waals surface area (Å²) in [4.78, 5) is 25.9. The highest BCUT2D eigenvalue weighted by Crippen LogP contribution is 2.45. The fourth-order valence-corrected chi connectivity index (χ4v) is 4.44. The predicted octanol–water partition coefficient (Wildman–Crippen LogP) is 5.40. The summed E-state index contributed by atoms with van der Waals surface area (Å²) in [7, 11) is 1.56. The van der Waals surface area contributed by atoms with Crippen LogP contribution in [0.1, 0.15) is 37.3 Å². The molecule has 5 rings (SSSR count). The van der Waals surface area contributed by atoms with Crippen LogP contribution < -0.4 is 19.6 Å². The lowest BCUT2D eigenvalue weighted by Crippen LogP contribution is -2.22. The van der Waals surface area contributed by atoms with E-state index < -0.39 is 11.9 Å². The fourth-order valence-electron chi connectivity index (χ4n) is 4.44. The molecule has 1 N–H and O–H groups in total. The third-order valence-electron chi connectivity index (χ3n) is 6.03. The number of fused-ring (bicyclic) bond motifs is 3. The molecule has 1 aliphatic heterocycles. The van der Waals surface area contributed by atoms with E-state index in [0.717, 1.165) is 5.56 Å². The molecule has 0 saturated carbocycles. The number of hydrogen-bond acceptors (Lipinski definition) is 7. The maximum atomic E-state index is 13.5. The van der Waals surface area contributed by atoms with Crippen LogP contribution in [0.3, 0.4) is 0 Å². The van der Waals surface area contributed by atoms with Crippen LogP contribution in [0.2, 0.25) is 0 Å². The Morgan fingerprint density at radius 2 is 1.69 bits per heavy atom. The number of phenolic OH excluding ortho intramolecular Hbond substituents is 1. The molecule has 0 unspecified atom stereocenters. The van der Waals surface area contributed by atoms with Crippen molar-refractivity contribution in [3.63, 3.8) is 0 Å². The molecule has 0 aliphatic carbocycles. The van der Waals surface area contributed by atoms with Crippen LogP contribution in [-0.2, 0) is 4.79 Å². The van der Waals surface area contributed by atoms with Crippen molar-refractivity contribution in [3.8, 4) is 34.1 Å². The lowest BCUT2D eigenvalue weighted by atomic mass is 9.85. The number of methoxy groups -OCH3 is 1. The quantitative estimate of drug-likeness (QED) is 0.307. The van der Waals surface area contributed by atoms with Crippen molar-refractivity contribution in [2.24, 2.45) is 0 Å². The zero-order chi connectivity index (χ0) is 24.7. The average molecular weight is 472 g/mol. The summed E-state index contributed by atoms with van der Waals surface area (Å²) in [5, 5.41) is 10.8. The topological polar surface area (TPSA) is 95.2 Å². The van der Waals surface area contributed by atoms with Gasteiger partial charge < -0.3 is 23.7 Å². The van der Waals surface area contributed by atoms with E-state index in [1.54, 1.807) is 31.4 Å². The van der Waals surface area contributed by atoms with Crippen molar-refractivity contribution < 1.29 is 28.5 Å². The number of ether oxygens (including phenoxy) is 3. The summed E-state index contributed by atoms with van der Waals surface area (Å²) < 4.78 is 22.3. The third-order valence-corrected chi connectivity index (χ3v) is 6.03. The van der Waals surface area contributed by atoms with Crippen LogP contribution in [0, 0.1) is 0 Å². The van der Waals surface area contributed by atoms with Gasteiger partial charge in [-0.15, -0.1) is 0 Å². The summed E-state index contributed by atoms with van der Waals surface area (Å²) in [6, 6.07) is 15.7. The number of benzene rings is 3. The maximum Gasteiger partial charge on any atom is 0.312 e. The van der Waals surface area contributed by atoms with Crippen LogP contribution in [0.25, 0.3) is 22.1 Å². The average Bonchev–Trinajstić information content (AvgIpc) is 2.83.